The number of carbonyl (C=O) groups is 1. The van der Waals surface area contributed by atoms with Crippen LogP contribution >= 0.6 is 0 Å². The highest BCUT2D eigenvalue weighted by Gasteiger charge is 2.51. The Morgan fingerprint density at radius 3 is 2.67 bits per heavy atom. The predicted molar refractivity (Wildman–Crippen MR) is 107 cm³/mol. The normalized spacial score (nSPS) is 28.0. The SMILES string of the molecule is Cc1ccc(NC2CCCC3(C(=O)OC(C)(C)C)CC(CC2)C3)cc1C#N. The fraction of sp³-hybridized carbons (Fsp3) is 0.652. The smallest absolute Gasteiger partial charge is 0.312 e. The third-order valence-electron chi connectivity index (χ3n) is 6.05. The van der Waals surface area contributed by atoms with Gasteiger partial charge < -0.3 is 10.1 Å². The van der Waals surface area contributed by atoms with E-state index >= 15 is 0 Å². The van der Waals surface area contributed by atoms with Gasteiger partial charge in [0.25, 0.3) is 0 Å². The van der Waals surface area contributed by atoms with Crippen molar-refractivity contribution in [3.63, 3.8) is 0 Å². The number of rotatable bonds is 3. The summed E-state index contributed by atoms with van der Waals surface area (Å²) in [5, 5.41) is 12.9. The lowest BCUT2D eigenvalue weighted by Crippen LogP contribution is -2.46. The standard InChI is InChI=1S/C23H32N2O2/c1-16-7-9-20(12-18(16)15-24)25-19-6-5-11-23(13-17(14-23)8-10-19)21(26)27-22(2,3)4/h7,9,12,17,19,25H,5-6,8,10-11,13-14H2,1-4H3. The van der Waals surface area contributed by atoms with E-state index in [1.54, 1.807) is 0 Å². The van der Waals surface area contributed by atoms with Gasteiger partial charge in [0, 0.05) is 11.7 Å². The molecule has 0 heterocycles. The van der Waals surface area contributed by atoms with E-state index in [1.165, 1.54) is 0 Å². The Labute approximate surface area is 163 Å². The highest BCUT2D eigenvalue weighted by Crippen LogP contribution is 2.53. The average Bonchev–Trinajstić information content (AvgIpc) is 2.69. The average molecular weight is 369 g/mol. The van der Waals surface area contributed by atoms with Gasteiger partial charge in [-0.1, -0.05) is 12.5 Å². The van der Waals surface area contributed by atoms with Crippen molar-refractivity contribution < 1.29 is 9.53 Å². The lowest BCUT2D eigenvalue weighted by molar-refractivity contribution is -0.178. The summed E-state index contributed by atoms with van der Waals surface area (Å²) < 4.78 is 5.73. The molecule has 2 bridgehead atoms. The summed E-state index contributed by atoms with van der Waals surface area (Å²) >= 11 is 0. The Balaban J connectivity index is 1.63. The number of nitrogens with zero attached hydrogens (tertiary/aromatic N) is 1. The van der Waals surface area contributed by atoms with Crippen LogP contribution in [0, 0.1) is 29.6 Å². The third-order valence-corrected chi connectivity index (χ3v) is 6.05. The molecule has 1 N–H and O–H groups in total. The second kappa shape index (κ2) is 7.54. The van der Waals surface area contributed by atoms with Crippen molar-refractivity contribution in [1.82, 2.24) is 0 Å². The molecule has 146 valence electrons. The van der Waals surface area contributed by atoms with Gasteiger partial charge in [-0.3, -0.25) is 4.79 Å². The lowest BCUT2D eigenvalue weighted by atomic mass is 9.59. The summed E-state index contributed by atoms with van der Waals surface area (Å²) in [5.74, 6) is 0.641. The number of esters is 1. The number of nitriles is 1. The molecule has 4 nitrogen and oxygen atoms in total. The van der Waals surface area contributed by atoms with Crippen molar-refractivity contribution in [2.24, 2.45) is 11.3 Å². The predicted octanol–water partition coefficient (Wildman–Crippen LogP) is 5.35. The number of aryl methyl sites for hydroxylation is 1. The maximum absolute atomic E-state index is 12.8. The van der Waals surface area contributed by atoms with E-state index in [0.29, 0.717) is 12.0 Å². The van der Waals surface area contributed by atoms with Crippen LogP contribution in [0.15, 0.2) is 18.2 Å². The third kappa shape index (κ3) is 4.64. The van der Waals surface area contributed by atoms with Crippen LogP contribution in [-0.2, 0) is 9.53 Å². The number of nitrogens with one attached hydrogen (secondary N) is 1. The monoisotopic (exact) mass is 368 g/mol. The second-order valence-corrected chi connectivity index (χ2v) is 9.51. The molecule has 1 aromatic rings. The molecule has 4 rings (SSSR count). The summed E-state index contributed by atoms with van der Waals surface area (Å²) in [5.41, 5.74) is 2.11. The Kier molecular flexibility index (Phi) is 5.51. The van der Waals surface area contributed by atoms with E-state index in [-0.39, 0.29) is 11.4 Å². The van der Waals surface area contributed by atoms with Gasteiger partial charge >= 0.3 is 5.97 Å². The van der Waals surface area contributed by atoms with Crippen LogP contribution in [0.5, 0.6) is 0 Å². The van der Waals surface area contributed by atoms with Crippen LogP contribution in [0.3, 0.4) is 0 Å². The zero-order valence-electron chi connectivity index (χ0n) is 17.1. The molecule has 0 aromatic heterocycles. The molecule has 1 aromatic carbocycles. The van der Waals surface area contributed by atoms with Crippen molar-refractivity contribution in [2.45, 2.75) is 84.3 Å². The van der Waals surface area contributed by atoms with Crippen molar-refractivity contribution in [1.29, 1.82) is 5.26 Å². The van der Waals surface area contributed by atoms with E-state index in [2.05, 4.69) is 17.5 Å². The molecule has 0 aliphatic heterocycles. The van der Waals surface area contributed by atoms with Gasteiger partial charge in [-0.15, -0.1) is 0 Å². The summed E-state index contributed by atoms with van der Waals surface area (Å²) in [6.45, 7) is 7.81. The zero-order valence-corrected chi connectivity index (χ0v) is 17.1. The topological polar surface area (TPSA) is 62.1 Å². The Morgan fingerprint density at radius 1 is 1.26 bits per heavy atom. The van der Waals surface area contributed by atoms with Crippen molar-refractivity contribution in [3.8, 4) is 6.07 Å². The van der Waals surface area contributed by atoms with Crippen LogP contribution in [0.2, 0.25) is 0 Å². The first-order chi connectivity index (χ1) is 12.7. The van der Waals surface area contributed by atoms with Crippen LogP contribution < -0.4 is 5.32 Å². The van der Waals surface area contributed by atoms with Crippen LogP contribution in [0.1, 0.15) is 76.8 Å². The molecule has 1 atom stereocenters. The Bertz CT molecular complexity index is 736. The van der Waals surface area contributed by atoms with Crippen molar-refractivity contribution in [3.05, 3.63) is 29.3 Å². The van der Waals surface area contributed by atoms with Gasteiger partial charge in [0.1, 0.15) is 5.60 Å². The van der Waals surface area contributed by atoms with Gasteiger partial charge in [-0.2, -0.15) is 5.26 Å². The fourth-order valence-corrected chi connectivity index (χ4v) is 4.59. The first-order valence-corrected chi connectivity index (χ1v) is 10.2. The molecule has 0 saturated heterocycles. The molecule has 3 saturated carbocycles. The minimum absolute atomic E-state index is 0.00913. The van der Waals surface area contributed by atoms with Gasteiger partial charge in [-0.25, -0.2) is 0 Å². The number of anilines is 1. The number of fused-ring (bicyclic) bond motifs is 5. The molecule has 3 fully saturated rings. The summed E-state index contributed by atoms with van der Waals surface area (Å²) in [4.78, 5) is 12.8. The summed E-state index contributed by atoms with van der Waals surface area (Å²) in [6, 6.07) is 8.67. The highest BCUT2D eigenvalue weighted by atomic mass is 16.6. The minimum Gasteiger partial charge on any atom is -0.460 e. The molecule has 4 heteroatoms. The number of benzene rings is 1. The molecule has 1 unspecified atom stereocenters. The molecule has 3 aliphatic carbocycles. The highest BCUT2D eigenvalue weighted by molar-refractivity contribution is 5.78. The van der Waals surface area contributed by atoms with E-state index < -0.39 is 5.60 Å². The zero-order chi connectivity index (χ0) is 19.7. The van der Waals surface area contributed by atoms with Gasteiger partial charge in [-0.05, 0) is 89.8 Å². The summed E-state index contributed by atoms with van der Waals surface area (Å²) in [7, 11) is 0. The lowest BCUT2D eigenvalue weighted by Gasteiger charge is -2.46. The van der Waals surface area contributed by atoms with Crippen molar-refractivity contribution in [2.75, 3.05) is 5.32 Å². The molecule has 3 aliphatic rings. The number of carbonyl (C=O) groups excluding carboxylic acids is 1. The molecule has 0 radical (unpaired) electrons. The minimum atomic E-state index is -0.413. The van der Waals surface area contributed by atoms with Crippen molar-refractivity contribution >= 4 is 11.7 Å². The number of hydrogen-bond acceptors (Lipinski definition) is 4. The Hall–Kier alpha value is -2.02. The van der Waals surface area contributed by atoms with Crippen LogP contribution in [-0.4, -0.2) is 17.6 Å². The van der Waals surface area contributed by atoms with E-state index in [4.69, 9.17) is 4.74 Å². The second-order valence-electron chi connectivity index (χ2n) is 9.51. The van der Waals surface area contributed by atoms with Gasteiger partial charge in [0.2, 0.25) is 0 Å². The Morgan fingerprint density at radius 2 is 2.00 bits per heavy atom. The maximum Gasteiger partial charge on any atom is 0.312 e. The first-order valence-electron chi connectivity index (χ1n) is 10.2. The molecule has 27 heavy (non-hydrogen) atoms. The van der Waals surface area contributed by atoms with E-state index in [9.17, 15) is 10.1 Å². The van der Waals surface area contributed by atoms with Crippen LogP contribution in [0.25, 0.3) is 0 Å². The van der Waals surface area contributed by atoms with E-state index in [0.717, 1.165) is 61.8 Å². The number of hydrogen-bond donors (Lipinski definition) is 1. The molecular weight excluding hydrogens is 336 g/mol. The first kappa shape index (κ1) is 19.7. The van der Waals surface area contributed by atoms with Crippen LogP contribution in [0.4, 0.5) is 5.69 Å². The molecule has 0 amide bonds. The summed E-state index contributed by atoms with van der Waals surface area (Å²) in [6.07, 6.45) is 7.24. The molecule has 0 spiro atoms. The maximum atomic E-state index is 12.8. The van der Waals surface area contributed by atoms with E-state index in [1.807, 2.05) is 39.8 Å². The quantitative estimate of drug-likeness (QED) is 0.731. The van der Waals surface area contributed by atoms with Gasteiger partial charge in [0.15, 0.2) is 0 Å². The largest absolute Gasteiger partial charge is 0.460 e. The van der Waals surface area contributed by atoms with Gasteiger partial charge in [0.05, 0.1) is 17.0 Å². The molecular formula is C23H32N2O2. The fourth-order valence-electron chi connectivity index (χ4n) is 4.59. The number of ether oxygens (including phenoxy) is 1.